The highest BCUT2D eigenvalue weighted by atomic mass is 32.2. The summed E-state index contributed by atoms with van der Waals surface area (Å²) in [6.45, 7) is 5.72. The molecule has 2 rings (SSSR count). The molecule has 0 saturated carbocycles. The van der Waals surface area contributed by atoms with E-state index in [9.17, 15) is 8.42 Å². The van der Waals surface area contributed by atoms with Crippen LogP contribution in [0.3, 0.4) is 0 Å². The van der Waals surface area contributed by atoms with E-state index in [-0.39, 0.29) is 6.54 Å². The van der Waals surface area contributed by atoms with E-state index in [0.29, 0.717) is 10.7 Å². The fraction of sp³-hybridized carbons (Fsp3) is 0.286. The number of nitrogens with one attached hydrogen (secondary N) is 1. The van der Waals surface area contributed by atoms with E-state index in [0.717, 1.165) is 16.7 Å². The minimum atomic E-state index is -3.52. The zero-order valence-corrected chi connectivity index (χ0v) is 12.0. The first-order valence-corrected chi connectivity index (χ1v) is 7.48. The van der Waals surface area contributed by atoms with Crippen LogP contribution in [0.5, 0.6) is 0 Å². The highest BCUT2D eigenvalue weighted by Crippen LogP contribution is 2.21. The summed E-state index contributed by atoms with van der Waals surface area (Å²) in [5.41, 5.74) is 2.56. The van der Waals surface area contributed by atoms with Gasteiger partial charge in [-0.15, -0.1) is 0 Å². The van der Waals surface area contributed by atoms with Gasteiger partial charge in [-0.3, -0.25) is 0 Å². The highest BCUT2D eigenvalue weighted by Gasteiger charge is 2.19. The predicted molar refractivity (Wildman–Crippen MR) is 73.4 cm³/mol. The van der Waals surface area contributed by atoms with Crippen LogP contribution < -0.4 is 4.72 Å². The van der Waals surface area contributed by atoms with Gasteiger partial charge in [0.2, 0.25) is 10.0 Å². The van der Waals surface area contributed by atoms with Crippen LogP contribution in [0.4, 0.5) is 0 Å². The van der Waals surface area contributed by atoms with Crippen LogP contribution in [0.1, 0.15) is 22.5 Å². The van der Waals surface area contributed by atoms with E-state index < -0.39 is 10.0 Å². The maximum absolute atomic E-state index is 12.3. The Morgan fingerprint density at radius 3 is 2.32 bits per heavy atom. The third-order valence-corrected chi connectivity index (χ3v) is 4.60. The van der Waals surface area contributed by atoms with Crippen molar-refractivity contribution in [3.8, 4) is 0 Å². The summed E-state index contributed by atoms with van der Waals surface area (Å²) >= 11 is 0. The molecule has 102 valence electrons. The summed E-state index contributed by atoms with van der Waals surface area (Å²) in [7, 11) is -3.52. The van der Waals surface area contributed by atoms with Gasteiger partial charge in [0.15, 0.2) is 0 Å². The maximum Gasteiger partial charge on any atom is 0.241 e. The Hall–Kier alpha value is -1.59. The van der Waals surface area contributed by atoms with Crippen LogP contribution in [-0.4, -0.2) is 8.42 Å². The Balaban J connectivity index is 2.29. The van der Waals surface area contributed by atoms with Gasteiger partial charge in [-0.1, -0.05) is 17.7 Å². The summed E-state index contributed by atoms with van der Waals surface area (Å²) in [6, 6.07) is 7.20. The second-order valence-electron chi connectivity index (χ2n) is 4.63. The monoisotopic (exact) mass is 279 g/mol. The molecule has 0 bridgehead atoms. The highest BCUT2D eigenvalue weighted by molar-refractivity contribution is 7.89. The molecule has 0 amide bonds. The molecule has 2 aromatic rings. The molecular weight excluding hydrogens is 262 g/mol. The molecule has 5 heteroatoms. The quantitative estimate of drug-likeness (QED) is 0.936. The van der Waals surface area contributed by atoms with Crippen LogP contribution >= 0.6 is 0 Å². The second-order valence-corrected chi connectivity index (χ2v) is 6.34. The van der Waals surface area contributed by atoms with Crippen LogP contribution in [0, 0.1) is 20.8 Å². The molecule has 0 aliphatic rings. The molecule has 1 aromatic heterocycles. The van der Waals surface area contributed by atoms with Crippen molar-refractivity contribution in [2.24, 2.45) is 0 Å². The van der Waals surface area contributed by atoms with Crippen molar-refractivity contribution >= 4 is 10.0 Å². The molecule has 0 radical (unpaired) electrons. The van der Waals surface area contributed by atoms with Gasteiger partial charge in [-0.05, 0) is 44.0 Å². The van der Waals surface area contributed by atoms with Crippen molar-refractivity contribution in [2.45, 2.75) is 32.2 Å². The van der Waals surface area contributed by atoms with E-state index in [1.165, 1.54) is 6.26 Å². The van der Waals surface area contributed by atoms with Crippen LogP contribution in [0.25, 0.3) is 0 Å². The molecule has 0 fully saturated rings. The first-order valence-electron chi connectivity index (χ1n) is 6.00. The number of rotatable bonds is 4. The lowest BCUT2D eigenvalue weighted by Gasteiger charge is -2.12. The molecule has 0 aliphatic carbocycles. The molecule has 19 heavy (non-hydrogen) atoms. The van der Waals surface area contributed by atoms with Gasteiger partial charge in [0.25, 0.3) is 0 Å². The molecule has 1 N–H and O–H groups in total. The fourth-order valence-electron chi connectivity index (χ4n) is 2.24. The van der Waals surface area contributed by atoms with Gasteiger partial charge in [-0.25, -0.2) is 13.1 Å². The Labute approximate surface area is 113 Å². The van der Waals surface area contributed by atoms with E-state index in [1.54, 1.807) is 26.0 Å². The first-order chi connectivity index (χ1) is 8.90. The third kappa shape index (κ3) is 3.05. The molecule has 1 aromatic carbocycles. The lowest BCUT2D eigenvalue weighted by atomic mass is 10.1. The number of aryl methyl sites for hydroxylation is 3. The van der Waals surface area contributed by atoms with Gasteiger partial charge in [0.05, 0.1) is 17.7 Å². The van der Waals surface area contributed by atoms with Crippen LogP contribution in [-0.2, 0) is 16.6 Å². The molecule has 0 unspecified atom stereocenters. The Morgan fingerprint density at radius 1 is 1.16 bits per heavy atom. The standard InChI is InChI=1S/C14H17NO3S/c1-10-7-11(2)14(12(3)8-10)19(16,17)15-9-13-5-4-6-18-13/h4-8,15H,9H2,1-3H3. The number of hydrogen-bond donors (Lipinski definition) is 1. The van der Waals surface area contributed by atoms with Gasteiger partial charge < -0.3 is 4.42 Å². The van der Waals surface area contributed by atoms with E-state index >= 15 is 0 Å². The summed E-state index contributed by atoms with van der Waals surface area (Å²) in [4.78, 5) is 0.352. The molecule has 0 atom stereocenters. The van der Waals surface area contributed by atoms with Gasteiger partial charge >= 0.3 is 0 Å². The van der Waals surface area contributed by atoms with Crippen molar-refractivity contribution in [1.82, 2.24) is 4.72 Å². The molecule has 1 heterocycles. The Bertz CT molecular complexity index is 650. The Kier molecular flexibility index (Phi) is 3.78. The number of benzene rings is 1. The molecule has 4 nitrogen and oxygen atoms in total. The zero-order chi connectivity index (χ0) is 14.0. The van der Waals surface area contributed by atoms with Gasteiger partial charge in [0, 0.05) is 0 Å². The van der Waals surface area contributed by atoms with Crippen molar-refractivity contribution in [3.05, 3.63) is 53.0 Å². The number of hydrogen-bond acceptors (Lipinski definition) is 3. The smallest absolute Gasteiger partial charge is 0.241 e. The predicted octanol–water partition coefficient (Wildman–Crippen LogP) is 2.68. The fourth-order valence-corrected chi connectivity index (χ4v) is 3.68. The van der Waals surface area contributed by atoms with E-state index in [4.69, 9.17) is 4.42 Å². The summed E-state index contributed by atoms with van der Waals surface area (Å²) in [5.74, 6) is 0.589. The average Bonchev–Trinajstić information content (AvgIpc) is 2.77. The van der Waals surface area contributed by atoms with Crippen LogP contribution in [0.2, 0.25) is 0 Å². The summed E-state index contributed by atoms with van der Waals surface area (Å²) in [5, 5.41) is 0. The first kappa shape index (κ1) is 13.8. The minimum absolute atomic E-state index is 0.155. The minimum Gasteiger partial charge on any atom is -0.468 e. The molecule has 0 spiro atoms. The van der Waals surface area contributed by atoms with Crippen molar-refractivity contribution < 1.29 is 12.8 Å². The number of furan rings is 1. The normalized spacial score (nSPS) is 11.7. The maximum atomic E-state index is 12.3. The summed E-state index contributed by atoms with van der Waals surface area (Å²) in [6.07, 6.45) is 1.52. The van der Waals surface area contributed by atoms with Crippen molar-refractivity contribution in [1.29, 1.82) is 0 Å². The lowest BCUT2D eigenvalue weighted by molar-refractivity contribution is 0.498. The van der Waals surface area contributed by atoms with Crippen molar-refractivity contribution in [2.75, 3.05) is 0 Å². The molecular formula is C14H17NO3S. The summed E-state index contributed by atoms with van der Waals surface area (Å²) < 4.78 is 32.3. The van der Waals surface area contributed by atoms with Crippen molar-refractivity contribution in [3.63, 3.8) is 0 Å². The van der Waals surface area contributed by atoms with Crippen LogP contribution in [0.15, 0.2) is 39.8 Å². The topological polar surface area (TPSA) is 59.3 Å². The van der Waals surface area contributed by atoms with E-state index in [2.05, 4.69) is 4.72 Å². The Morgan fingerprint density at radius 2 is 1.79 bits per heavy atom. The van der Waals surface area contributed by atoms with Gasteiger partial charge in [0.1, 0.15) is 5.76 Å². The SMILES string of the molecule is Cc1cc(C)c(S(=O)(=O)NCc2ccco2)c(C)c1. The molecule has 0 saturated heterocycles. The second kappa shape index (κ2) is 5.19. The average molecular weight is 279 g/mol. The molecule has 0 aliphatic heterocycles. The third-order valence-electron chi connectivity index (χ3n) is 2.89. The largest absolute Gasteiger partial charge is 0.468 e. The lowest BCUT2D eigenvalue weighted by Crippen LogP contribution is -2.24. The zero-order valence-electron chi connectivity index (χ0n) is 11.2. The number of sulfonamides is 1. The van der Waals surface area contributed by atoms with Gasteiger partial charge in [-0.2, -0.15) is 0 Å². The van der Waals surface area contributed by atoms with E-state index in [1.807, 2.05) is 19.1 Å².